The van der Waals surface area contributed by atoms with E-state index in [4.69, 9.17) is 9.47 Å². The summed E-state index contributed by atoms with van der Waals surface area (Å²) in [7, 11) is 0. The maximum absolute atomic E-state index is 11.4. The second kappa shape index (κ2) is 7.20. The Bertz CT molecular complexity index is 524. The van der Waals surface area contributed by atoms with E-state index < -0.39 is 11.2 Å². The van der Waals surface area contributed by atoms with Gasteiger partial charge in [0, 0.05) is 18.9 Å². The molecule has 1 saturated carbocycles. The van der Waals surface area contributed by atoms with Crippen molar-refractivity contribution in [2.24, 2.45) is 23.7 Å². The first-order valence-corrected chi connectivity index (χ1v) is 10.5. The Morgan fingerprint density at radius 2 is 1.92 bits per heavy atom. The SMILES string of the molecule is C=C1CC[C@H](C(C)C)[C@@H]2[C@H]1[C@@H]1C[C@](C)(O)[C@@H](OCC)CC[C@@](C)(O)[C@H]2O1. The normalized spacial score (nSPS) is 49.5. The summed E-state index contributed by atoms with van der Waals surface area (Å²) < 4.78 is 12.4. The molecule has 2 N–H and O–H groups in total. The van der Waals surface area contributed by atoms with Crippen LogP contribution in [-0.2, 0) is 9.47 Å². The Hall–Kier alpha value is -0.420. The van der Waals surface area contributed by atoms with Crippen LogP contribution < -0.4 is 0 Å². The minimum atomic E-state index is -0.967. The molecular formula is C22H38O4. The summed E-state index contributed by atoms with van der Waals surface area (Å²) in [5.41, 5.74) is -0.649. The van der Waals surface area contributed by atoms with E-state index in [1.165, 1.54) is 5.57 Å². The summed E-state index contributed by atoms with van der Waals surface area (Å²) in [5, 5.41) is 22.6. The third-order valence-electron chi connectivity index (χ3n) is 7.31. The summed E-state index contributed by atoms with van der Waals surface area (Å²) in [4.78, 5) is 0. The first-order chi connectivity index (χ1) is 12.1. The Labute approximate surface area is 159 Å². The fraction of sp³-hybridized carbons (Fsp3) is 0.909. The van der Waals surface area contributed by atoms with Gasteiger partial charge in [-0.3, -0.25) is 0 Å². The second-order valence-corrected chi connectivity index (χ2v) is 9.70. The Morgan fingerprint density at radius 3 is 2.54 bits per heavy atom. The Morgan fingerprint density at radius 1 is 1.23 bits per heavy atom. The van der Waals surface area contributed by atoms with Crippen molar-refractivity contribution in [2.75, 3.05) is 6.61 Å². The largest absolute Gasteiger partial charge is 0.387 e. The molecule has 0 aromatic rings. The third-order valence-corrected chi connectivity index (χ3v) is 7.31. The Kier molecular flexibility index (Phi) is 5.62. The number of fused-ring (bicyclic) bond motifs is 5. The number of ether oxygens (including phenoxy) is 2. The summed E-state index contributed by atoms with van der Waals surface area (Å²) >= 11 is 0. The maximum Gasteiger partial charge on any atom is 0.0905 e. The van der Waals surface area contributed by atoms with Gasteiger partial charge in [-0.25, -0.2) is 0 Å². The molecule has 0 unspecified atom stereocenters. The molecule has 2 aliphatic heterocycles. The predicted octanol–water partition coefficient (Wildman–Crippen LogP) is 3.70. The molecule has 2 bridgehead atoms. The topological polar surface area (TPSA) is 58.9 Å². The van der Waals surface area contributed by atoms with Crippen LogP contribution in [0.4, 0.5) is 0 Å². The van der Waals surface area contributed by atoms with E-state index in [1.54, 1.807) is 0 Å². The van der Waals surface area contributed by atoms with E-state index in [0.717, 1.165) is 12.8 Å². The molecule has 150 valence electrons. The monoisotopic (exact) mass is 366 g/mol. The van der Waals surface area contributed by atoms with Crippen LogP contribution >= 0.6 is 0 Å². The molecule has 4 heteroatoms. The molecule has 0 amide bonds. The summed E-state index contributed by atoms with van der Waals surface area (Å²) in [5.74, 6) is 1.59. The van der Waals surface area contributed by atoms with Crippen molar-refractivity contribution in [3.8, 4) is 0 Å². The molecule has 26 heavy (non-hydrogen) atoms. The molecule has 3 rings (SSSR count). The minimum Gasteiger partial charge on any atom is -0.387 e. The molecular weight excluding hydrogens is 328 g/mol. The lowest BCUT2D eigenvalue weighted by molar-refractivity contribution is -0.123. The third kappa shape index (κ3) is 3.50. The summed E-state index contributed by atoms with van der Waals surface area (Å²) in [6, 6.07) is 0. The van der Waals surface area contributed by atoms with Crippen LogP contribution in [0.25, 0.3) is 0 Å². The van der Waals surface area contributed by atoms with Crippen LogP contribution in [0.15, 0.2) is 12.2 Å². The van der Waals surface area contributed by atoms with Crippen molar-refractivity contribution in [1.29, 1.82) is 0 Å². The molecule has 1 aliphatic carbocycles. The molecule has 2 heterocycles. The zero-order chi connectivity index (χ0) is 19.3. The molecule has 8 atom stereocenters. The van der Waals surface area contributed by atoms with Gasteiger partial charge in [0.15, 0.2) is 0 Å². The number of aliphatic hydroxyl groups is 2. The van der Waals surface area contributed by atoms with Crippen molar-refractivity contribution < 1.29 is 19.7 Å². The molecule has 0 radical (unpaired) electrons. The standard InChI is InChI=1S/C22H38O4/c1-7-25-17-10-11-21(5,23)20-19-15(13(2)3)9-8-14(4)18(19)16(26-20)12-22(17,6)24/h13,15-20,23-24H,4,7-12H2,1-3,5-6H3/t15-,16+,17+,18-,19-,20+,21-,22+/m1/s1. The van der Waals surface area contributed by atoms with Gasteiger partial charge < -0.3 is 19.7 Å². The van der Waals surface area contributed by atoms with Gasteiger partial charge in [-0.15, -0.1) is 0 Å². The van der Waals surface area contributed by atoms with E-state index in [-0.39, 0.29) is 30.1 Å². The van der Waals surface area contributed by atoms with Gasteiger partial charge in [-0.1, -0.05) is 26.0 Å². The fourth-order valence-corrected chi connectivity index (χ4v) is 5.93. The van der Waals surface area contributed by atoms with Crippen LogP contribution in [0, 0.1) is 23.7 Å². The highest BCUT2D eigenvalue weighted by molar-refractivity contribution is 5.18. The highest BCUT2D eigenvalue weighted by atomic mass is 16.5. The predicted molar refractivity (Wildman–Crippen MR) is 103 cm³/mol. The van der Waals surface area contributed by atoms with Crippen LogP contribution in [0.3, 0.4) is 0 Å². The zero-order valence-electron chi connectivity index (χ0n) is 17.2. The first-order valence-electron chi connectivity index (χ1n) is 10.5. The van der Waals surface area contributed by atoms with Crippen molar-refractivity contribution in [3.63, 3.8) is 0 Å². The average molecular weight is 367 g/mol. The quantitative estimate of drug-likeness (QED) is 0.748. The summed E-state index contributed by atoms with van der Waals surface area (Å²) in [6.07, 6.45) is 3.33. The minimum absolute atomic E-state index is 0.0958. The molecule has 2 saturated heterocycles. The highest BCUT2D eigenvalue weighted by Gasteiger charge is 2.58. The van der Waals surface area contributed by atoms with E-state index in [9.17, 15) is 10.2 Å². The van der Waals surface area contributed by atoms with Gasteiger partial charge >= 0.3 is 0 Å². The lowest BCUT2D eigenvalue weighted by Crippen LogP contribution is -2.50. The second-order valence-electron chi connectivity index (χ2n) is 9.70. The van der Waals surface area contributed by atoms with Crippen LogP contribution in [0.5, 0.6) is 0 Å². The lowest BCUT2D eigenvalue weighted by Gasteiger charge is -2.45. The number of hydrogen-bond donors (Lipinski definition) is 2. The van der Waals surface area contributed by atoms with Gasteiger partial charge in [0.25, 0.3) is 0 Å². The molecule has 3 fully saturated rings. The van der Waals surface area contributed by atoms with Crippen LogP contribution in [0.1, 0.15) is 66.7 Å². The van der Waals surface area contributed by atoms with Gasteiger partial charge in [0.2, 0.25) is 0 Å². The van der Waals surface area contributed by atoms with Gasteiger partial charge in [-0.2, -0.15) is 0 Å². The molecule has 3 aliphatic rings. The van der Waals surface area contributed by atoms with E-state index >= 15 is 0 Å². The van der Waals surface area contributed by atoms with Gasteiger partial charge in [0.05, 0.1) is 29.5 Å². The smallest absolute Gasteiger partial charge is 0.0905 e. The molecule has 0 aromatic carbocycles. The van der Waals surface area contributed by atoms with Gasteiger partial charge in [-0.05, 0) is 64.2 Å². The molecule has 4 nitrogen and oxygen atoms in total. The first kappa shape index (κ1) is 20.3. The Balaban J connectivity index is 1.99. The lowest BCUT2D eigenvalue weighted by atomic mass is 9.60. The highest BCUT2D eigenvalue weighted by Crippen LogP contribution is 2.55. The van der Waals surface area contributed by atoms with Crippen molar-refractivity contribution in [3.05, 3.63) is 12.2 Å². The van der Waals surface area contributed by atoms with Gasteiger partial charge in [0.1, 0.15) is 0 Å². The maximum atomic E-state index is 11.4. The molecule has 0 aromatic heterocycles. The van der Waals surface area contributed by atoms with E-state index in [2.05, 4.69) is 20.4 Å². The van der Waals surface area contributed by atoms with E-state index in [0.29, 0.717) is 37.7 Å². The van der Waals surface area contributed by atoms with Crippen LogP contribution in [0.2, 0.25) is 0 Å². The average Bonchev–Trinajstić information content (AvgIpc) is 2.91. The van der Waals surface area contributed by atoms with E-state index in [1.807, 2.05) is 20.8 Å². The van der Waals surface area contributed by atoms with Crippen molar-refractivity contribution in [2.45, 2.75) is 96.2 Å². The van der Waals surface area contributed by atoms with Crippen LogP contribution in [-0.4, -0.2) is 46.3 Å². The number of rotatable bonds is 3. The molecule has 0 spiro atoms. The van der Waals surface area contributed by atoms with Crippen molar-refractivity contribution >= 4 is 0 Å². The fourth-order valence-electron chi connectivity index (χ4n) is 5.93. The van der Waals surface area contributed by atoms with Crippen molar-refractivity contribution in [1.82, 2.24) is 0 Å². The summed E-state index contributed by atoms with van der Waals surface area (Å²) in [6.45, 7) is 15.2. The number of hydrogen-bond acceptors (Lipinski definition) is 4. The zero-order valence-corrected chi connectivity index (χ0v) is 17.2.